The molecule has 1 aromatic rings. The molecular formula is C13H14Br2N2O5. The smallest absolute Gasteiger partial charge is 0.324 e. The number of carboxylic acids is 2. The number of benzene rings is 1. The van der Waals surface area contributed by atoms with E-state index in [9.17, 15) is 9.59 Å². The lowest BCUT2D eigenvalue weighted by atomic mass is 10.2. The summed E-state index contributed by atoms with van der Waals surface area (Å²) in [6, 6.07) is 3.47. The van der Waals surface area contributed by atoms with Gasteiger partial charge in [-0.3, -0.25) is 14.6 Å². The summed E-state index contributed by atoms with van der Waals surface area (Å²) in [6.45, 7) is 1.38. The van der Waals surface area contributed by atoms with Crippen molar-refractivity contribution in [2.45, 2.75) is 6.92 Å². The molecule has 0 saturated carbocycles. The van der Waals surface area contributed by atoms with Crippen molar-refractivity contribution in [2.75, 3.05) is 19.7 Å². The third kappa shape index (κ3) is 6.02. The number of hydrogen-bond donors (Lipinski definition) is 2. The van der Waals surface area contributed by atoms with Crippen molar-refractivity contribution in [1.29, 1.82) is 0 Å². The Morgan fingerprint density at radius 2 is 1.73 bits per heavy atom. The van der Waals surface area contributed by atoms with Gasteiger partial charge in [0.1, 0.15) is 18.8 Å². The fourth-order valence-corrected chi connectivity index (χ4v) is 2.99. The lowest BCUT2D eigenvalue weighted by Crippen LogP contribution is -2.30. The van der Waals surface area contributed by atoms with E-state index in [-0.39, 0.29) is 0 Å². The van der Waals surface area contributed by atoms with Gasteiger partial charge < -0.3 is 14.9 Å². The Kier molecular flexibility index (Phi) is 7.33. The maximum Gasteiger partial charge on any atom is 0.324 e. The third-order valence-electron chi connectivity index (χ3n) is 2.31. The summed E-state index contributed by atoms with van der Waals surface area (Å²) >= 11 is 6.74. The number of carboxylic acid groups (broad SMARTS) is 2. The van der Waals surface area contributed by atoms with Gasteiger partial charge >= 0.3 is 11.9 Å². The number of halogens is 2. The summed E-state index contributed by atoms with van der Waals surface area (Å²) in [7, 11) is 0. The number of aliphatic carboxylic acids is 2. The zero-order valence-corrected chi connectivity index (χ0v) is 14.8. The topological polar surface area (TPSA) is 99.4 Å². The Morgan fingerprint density at radius 3 is 2.14 bits per heavy atom. The highest BCUT2D eigenvalue weighted by Crippen LogP contribution is 2.34. The standard InChI is InChI=1S/C13H14Br2N2O5/c1-2-22-13-9(14)3-8(4-10(13)15)5-16-17(6-11(18)19)7-12(20)21/h3-5H,2,6-7H2,1H3,(H,18,19)(H,20,21)/b16-5-. The molecule has 0 spiro atoms. The number of rotatable bonds is 8. The average Bonchev–Trinajstić information content (AvgIpc) is 2.39. The molecule has 0 radical (unpaired) electrons. The first-order chi connectivity index (χ1) is 10.3. The van der Waals surface area contributed by atoms with Crippen LogP contribution in [0, 0.1) is 0 Å². The minimum Gasteiger partial charge on any atom is -0.492 e. The fourth-order valence-electron chi connectivity index (χ4n) is 1.53. The molecule has 22 heavy (non-hydrogen) atoms. The molecule has 0 amide bonds. The second-order valence-corrected chi connectivity index (χ2v) is 5.81. The molecule has 9 heteroatoms. The number of carbonyl (C=O) groups is 2. The molecular weight excluding hydrogens is 424 g/mol. The predicted molar refractivity (Wildman–Crippen MR) is 87.4 cm³/mol. The van der Waals surface area contributed by atoms with Crippen LogP contribution in [0.15, 0.2) is 26.2 Å². The van der Waals surface area contributed by atoms with Crippen molar-refractivity contribution in [3.63, 3.8) is 0 Å². The maximum absolute atomic E-state index is 10.7. The van der Waals surface area contributed by atoms with Crippen LogP contribution < -0.4 is 4.74 Å². The van der Waals surface area contributed by atoms with Gasteiger partial charge in [0.2, 0.25) is 0 Å². The first-order valence-corrected chi connectivity index (χ1v) is 7.76. The molecule has 0 heterocycles. The van der Waals surface area contributed by atoms with Gasteiger partial charge in [0, 0.05) is 0 Å². The van der Waals surface area contributed by atoms with Crippen LogP contribution in [0.5, 0.6) is 5.75 Å². The van der Waals surface area contributed by atoms with Crippen LogP contribution in [-0.4, -0.2) is 53.1 Å². The zero-order valence-electron chi connectivity index (χ0n) is 11.6. The highest BCUT2D eigenvalue weighted by atomic mass is 79.9. The van der Waals surface area contributed by atoms with Gasteiger partial charge in [-0.15, -0.1) is 0 Å². The van der Waals surface area contributed by atoms with Crippen LogP contribution in [0.3, 0.4) is 0 Å². The molecule has 0 saturated heterocycles. The highest BCUT2D eigenvalue weighted by molar-refractivity contribution is 9.11. The van der Waals surface area contributed by atoms with Crippen LogP contribution in [-0.2, 0) is 9.59 Å². The predicted octanol–water partition coefficient (Wildman–Crippen LogP) is 2.42. The lowest BCUT2D eigenvalue weighted by Gasteiger charge is -2.14. The highest BCUT2D eigenvalue weighted by Gasteiger charge is 2.11. The minimum atomic E-state index is -1.16. The second kappa shape index (κ2) is 8.74. The number of hydrogen-bond acceptors (Lipinski definition) is 5. The van der Waals surface area contributed by atoms with E-state index in [1.165, 1.54) is 6.21 Å². The molecule has 0 fully saturated rings. The van der Waals surface area contributed by atoms with Crippen LogP contribution in [0.1, 0.15) is 12.5 Å². The molecule has 120 valence electrons. The van der Waals surface area contributed by atoms with Crippen molar-refractivity contribution in [3.8, 4) is 5.75 Å². The molecule has 0 unspecified atom stereocenters. The van der Waals surface area contributed by atoms with Crippen molar-refractivity contribution >= 4 is 50.0 Å². The summed E-state index contributed by atoms with van der Waals surface area (Å²) in [5.74, 6) is -1.67. The van der Waals surface area contributed by atoms with Crippen molar-refractivity contribution in [1.82, 2.24) is 5.01 Å². The number of ether oxygens (including phenoxy) is 1. The second-order valence-electron chi connectivity index (χ2n) is 4.10. The first kappa shape index (κ1) is 18.4. The molecule has 0 aliphatic heterocycles. The Hall–Kier alpha value is -1.61. The van der Waals surface area contributed by atoms with Gasteiger partial charge in [0.25, 0.3) is 0 Å². The monoisotopic (exact) mass is 436 g/mol. The largest absolute Gasteiger partial charge is 0.492 e. The van der Waals surface area contributed by atoms with E-state index >= 15 is 0 Å². The van der Waals surface area contributed by atoms with E-state index in [0.29, 0.717) is 26.9 Å². The summed E-state index contributed by atoms with van der Waals surface area (Å²) < 4.78 is 6.85. The minimum absolute atomic E-state index is 0.498. The molecule has 7 nitrogen and oxygen atoms in total. The SMILES string of the molecule is CCOc1c(Br)cc(/C=N\N(CC(=O)O)CC(=O)O)cc1Br. The molecule has 0 aromatic heterocycles. The van der Waals surface area contributed by atoms with Gasteiger partial charge in [0.15, 0.2) is 0 Å². The molecule has 2 N–H and O–H groups in total. The molecule has 0 atom stereocenters. The van der Waals surface area contributed by atoms with Crippen LogP contribution in [0.25, 0.3) is 0 Å². The van der Waals surface area contributed by atoms with Crippen molar-refractivity contribution < 1.29 is 24.5 Å². The van der Waals surface area contributed by atoms with E-state index in [1.807, 2.05) is 6.92 Å². The van der Waals surface area contributed by atoms with Crippen molar-refractivity contribution in [2.24, 2.45) is 5.10 Å². The summed E-state index contributed by atoms with van der Waals surface area (Å²) in [5.41, 5.74) is 0.656. The molecule has 0 bridgehead atoms. The number of hydrazone groups is 1. The van der Waals surface area contributed by atoms with E-state index in [0.717, 1.165) is 5.01 Å². The summed E-state index contributed by atoms with van der Waals surface area (Å²) in [4.78, 5) is 21.4. The van der Waals surface area contributed by atoms with E-state index in [1.54, 1.807) is 12.1 Å². The zero-order chi connectivity index (χ0) is 16.7. The van der Waals surface area contributed by atoms with Crippen LogP contribution in [0.4, 0.5) is 0 Å². The quantitative estimate of drug-likeness (QED) is 0.478. The Morgan fingerprint density at radius 1 is 1.23 bits per heavy atom. The Labute approximate surface area is 143 Å². The Bertz CT molecular complexity index is 553. The summed E-state index contributed by atoms with van der Waals surface area (Å²) in [6.07, 6.45) is 1.39. The molecule has 0 aliphatic rings. The van der Waals surface area contributed by atoms with Gasteiger partial charge in [-0.2, -0.15) is 5.10 Å². The van der Waals surface area contributed by atoms with Gasteiger partial charge in [0.05, 0.1) is 21.8 Å². The molecule has 1 rings (SSSR count). The first-order valence-electron chi connectivity index (χ1n) is 6.17. The lowest BCUT2D eigenvalue weighted by molar-refractivity contribution is -0.141. The van der Waals surface area contributed by atoms with E-state index < -0.39 is 25.0 Å². The van der Waals surface area contributed by atoms with Crippen molar-refractivity contribution in [3.05, 3.63) is 26.6 Å². The number of nitrogens with zero attached hydrogens (tertiary/aromatic N) is 2. The molecule has 0 aliphatic carbocycles. The molecule has 1 aromatic carbocycles. The average molecular weight is 438 g/mol. The fraction of sp³-hybridized carbons (Fsp3) is 0.308. The van der Waals surface area contributed by atoms with Crippen LogP contribution in [0.2, 0.25) is 0 Å². The normalized spacial score (nSPS) is 10.7. The van der Waals surface area contributed by atoms with E-state index in [2.05, 4.69) is 37.0 Å². The van der Waals surface area contributed by atoms with Gasteiger partial charge in [-0.1, -0.05) is 0 Å². The summed E-state index contributed by atoms with van der Waals surface area (Å²) in [5, 5.41) is 22.3. The maximum atomic E-state index is 10.7. The van der Waals surface area contributed by atoms with Gasteiger partial charge in [-0.05, 0) is 56.5 Å². The van der Waals surface area contributed by atoms with Gasteiger partial charge in [-0.25, -0.2) is 0 Å². The Balaban J connectivity index is 2.95. The van der Waals surface area contributed by atoms with Crippen LogP contribution >= 0.6 is 31.9 Å². The third-order valence-corrected chi connectivity index (χ3v) is 3.49. The van der Waals surface area contributed by atoms with E-state index in [4.69, 9.17) is 14.9 Å².